The standard InChI is InChI=1S/C12H11N5O2.ClH/c1-15-9-8(10(18)16(2)12(15)19)13-11(14-9)17-6-4-3-5-7-17;/h3-7H,1-2H3;1H/p-1. The molecule has 0 unspecified atom stereocenters. The Kier molecular flexibility index (Phi) is 3.46. The molecule has 104 valence electrons. The lowest BCUT2D eigenvalue weighted by Gasteiger charge is -2.14. The van der Waals surface area contributed by atoms with Crippen molar-refractivity contribution in [2.45, 2.75) is 0 Å². The first-order valence-corrected chi connectivity index (χ1v) is 5.66. The Morgan fingerprint density at radius 2 is 1.75 bits per heavy atom. The van der Waals surface area contributed by atoms with E-state index in [0.717, 1.165) is 4.57 Å². The quantitative estimate of drug-likeness (QED) is 0.428. The molecular weight excluding hydrogens is 282 g/mol. The number of aromatic nitrogens is 5. The van der Waals surface area contributed by atoms with Crippen LogP contribution in [0.4, 0.5) is 0 Å². The van der Waals surface area contributed by atoms with Crippen molar-refractivity contribution in [3.63, 3.8) is 0 Å². The first-order chi connectivity index (χ1) is 9.09. The summed E-state index contributed by atoms with van der Waals surface area (Å²) in [6.07, 6.45) is 3.55. The van der Waals surface area contributed by atoms with Gasteiger partial charge in [-0.15, -0.1) is 0 Å². The summed E-state index contributed by atoms with van der Waals surface area (Å²) in [5.41, 5.74) is -0.224. The molecule has 1 aromatic rings. The lowest BCUT2D eigenvalue weighted by Crippen LogP contribution is -3.00. The molecule has 0 spiro atoms. The third-order valence-corrected chi connectivity index (χ3v) is 2.97. The number of pyridine rings is 1. The normalized spacial score (nSPS) is 10.5. The van der Waals surface area contributed by atoms with Crippen LogP contribution in [-0.2, 0) is 14.1 Å². The van der Waals surface area contributed by atoms with Gasteiger partial charge in [0.05, 0.1) is 12.4 Å². The molecule has 0 bridgehead atoms. The SMILES string of the molecule is Cn1c2nc(-[n+]3ccccc3)nc-2c([O-])n(C)c1=O.[Cl-]. The summed E-state index contributed by atoms with van der Waals surface area (Å²) >= 11 is 0. The predicted octanol–water partition coefficient (Wildman–Crippen LogP) is -4.03. The summed E-state index contributed by atoms with van der Waals surface area (Å²) in [4.78, 5) is 20.3. The average molecular weight is 293 g/mol. The maximum absolute atomic E-state index is 12.0. The molecule has 7 nitrogen and oxygen atoms in total. The van der Waals surface area contributed by atoms with Crippen LogP contribution in [0.1, 0.15) is 0 Å². The van der Waals surface area contributed by atoms with E-state index in [2.05, 4.69) is 9.97 Å². The zero-order valence-corrected chi connectivity index (χ0v) is 11.6. The topological polar surface area (TPSA) is 79.7 Å². The first kappa shape index (κ1) is 14.0. The van der Waals surface area contributed by atoms with Crippen LogP contribution in [0, 0.1) is 0 Å². The molecule has 0 radical (unpaired) electrons. The highest BCUT2D eigenvalue weighted by molar-refractivity contribution is 5.58. The average Bonchev–Trinajstić information content (AvgIpc) is 2.89. The van der Waals surface area contributed by atoms with Crippen molar-refractivity contribution in [3.05, 3.63) is 41.1 Å². The fourth-order valence-corrected chi connectivity index (χ4v) is 1.91. The summed E-state index contributed by atoms with van der Waals surface area (Å²) in [6, 6.07) is 5.53. The number of fused-ring (bicyclic) bond motifs is 1. The Bertz CT molecular complexity index is 781. The number of halogens is 1. The van der Waals surface area contributed by atoms with Crippen molar-refractivity contribution in [2.24, 2.45) is 14.1 Å². The van der Waals surface area contributed by atoms with Gasteiger partial charge in [-0.1, -0.05) is 11.1 Å². The van der Waals surface area contributed by atoms with Gasteiger partial charge >= 0.3 is 11.6 Å². The Morgan fingerprint density at radius 1 is 1.10 bits per heavy atom. The molecule has 0 fully saturated rings. The molecule has 2 aliphatic heterocycles. The minimum absolute atomic E-state index is 0. The summed E-state index contributed by atoms with van der Waals surface area (Å²) in [5.74, 6) is 0.224. The number of imidazole rings is 1. The molecular formula is C12H11ClN5O2-. The van der Waals surface area contributed by atoms with Crippen LogP contribution in [0.15, 0.2) is 35.4 Å². The van der Waals surface area contributed by atoms with Gasteiger partial charge in [-0.2, -0.15) is 0 Å². The molecule has 0 aromatic carbocycles. The van der Waals surface area contributed by atoms with Crippen molar-refractivity contribution >= 4 is 0 Å². The van der Waals surface area contributed by atoms with Crippen molar-refractivity contribution < 1.29 is 22.1 Å². The van der Waals surface area contributed by atoms with Gasteiger partial charge in [0, 0.05) is 20.0 Å². The zero-order valence-electron chi connectivity index (χ0n) is 10.8. The molecule has 0 aliphatic carbocycles. The third-order valence-electron chi connectivity index (χ3n) is 2.97. The van der Waals surface area contributed by atoms with Crippen molar-refractivity contribution in [2.75, 3.05) is 0 Å². The van der Waals surface area contributed by atoms with Crippen molar-refractivity contribution in [1.29, 1.82) is 0 Å². The van der Waals surface area contributed by atoms with Crippen LogP contribution >= 0.6 is 0 Å². The molecule has 3 heterocycles. The van der Waals surface area contributed by atoms with E-state index in [1.807, 2.05) is 18.2 Å². The Morgan fingerprint density at radius 3 is 2.40 bits per heavy atom. The zero-order chi connectivity index (χ0) is 13.6. The number of nitrogens with zero attached hydrogens (tertiary/aromatic N) is 5. The summed E-state index contributed by atoms with van der Waals surface area (Å²) < 4.78 is 4.02. The highest BCUT2D eigenvalue weighted by Gasteiger charge is 2.27. The van der Waals surface area contributed by atoms with Crippen LogP contribution in [-0.4, -0.2) is 19.1 Å². The van der Waals surface area contributed by atoms with Gasteiger partial charge in [-0.05, 0) is 17.1 Å². The van der Waals surface area contributed by atoms with Crippen LogP contribution < -0.4 is 27.8 Å². The molecule has 0 amide bonds. The summed E-state index contributed by atoms with van der Waals surface area (Å²) in [6.45, 7) is 0. The molecule has 0 saturated carbocycles. The molecule has 0 atom stereocenters. The smallest absolute Gasteiger partial charge is 0.440 e. The second-order valence-corrected chi connectivity index (χ2v) is 4.18. The minimum Gasteiger partial charge on any atom is -1.00 e. The molecule has 0 saturated heterocycles. The largest absolute Gasteiger partial charge is 1.00 e. The van der Waals surface area contributed by atoms with Gasteiger partial charge in [0.1, 0.15) is 0 Å². The lowest BCUT2D eigenvalue weighted by atomic mass is 10.4. The molecule has 8 heteroatoms. The van der Waals surface area contributed by atoms with E-state index in [0.29, 0.717) is 11.8 Å². The fraction of sp³-hybridized carbons (Fsp3) is 0.167. The Labute approximate surface area is 120 Å². The monoisotopic (exact) mass is 292 g/mol. The van der Waals surface area contributed by atoms with E-state index >= 15 is 0 Å². The molecule has 0 N–H and O–H groups in total. The minimum atomic E-state index is -0.437. The maximum atomic E-state index is 12.0. The summed E-state index contributed by atoms with van der Waals surface area (Å²) in [7, 11) is 2.99. The van der Waals surface area contributed by atoms with Crippen LogP contribution in [0.5, 0.6) is 5.88 Å². The Hall–Kier alpha value is -2.41. The number of hydrogen-bond acceptors (Lipinski definition) is 4. The van der Waals surface area contributed by atoms with Crippen LogP contribution in [0.3, 0.4) is 0 Å². The van der Waals surface area contributed by atoms with Crippen LogP contribution in [0.2, 0.25) is 0 Å². The van der Waals surface area contributed by atoms with Gasteiger partial charge in [0.25, 0.3) is 5.82 Å². The van der Waals surface area contributed by atoms with Crippen molar-refractivity contribution in [3.8, 4) is 23.3 Å². The van der Waals surface area contributed by atoms with E-state index in [1.54, 1.807) is 24.0 Å². The second-order valence-electron chi connectivity index (χ2n) is 4.18. The molecule has 2 aliphatic rings. The van der Waals surface area contributed by atoms with Gasteiger partial charge in [-0.25, -0.2) is 9.36 Å². The maximum Gasteiger partial charge on any atom is 0.440 e. The van der Waals surface area contributed by atoms with Crippen molar-refractivity contribution in [1.82, 2.24) is 19.1 Å². The Balaban J connectivity index is 0.00000147. The van der Waals surface area contributed by atoms with Gasteiger partial charge in [0.2, 0.25) is 5.69 Å². The highest BCUT2D eigenvalue weighted by atomic mass is 35.5. The van der Waals surface area contributed by atoms with E-state index < -0.39 is 11.6 Å². The van der Waals surface area contributed by atoms with E-state index in [9.17, 15) is 9.90 Å². The second kappa shape index (κ2) is 4.93. The van der Waals surface area contributed by atoms with Gasteiger partial charge in [-0.3, -0.25) is 4.57 Å². The summed E-state index contributed by atoms with van der Waals surface area (Å²) in [5, 5.41) is 12.0. The van der Waals surface area contributed by atoms with E-state index in [4.69, 9.17) is 0 Å². The van der Waals surface area contributed by atoms with E-state index in [-0.39, 0.29) is 18.1 Å². The lowest BCUT2D eigenvalue weighted by molar-refractivity contribution is -0.603. The predicted molar refractivity (Wildman–Crippen MR) is 63.8 cm³/mol. The first-order valence-electron chi connectivity index (χ1n) is 5.66. The molecule has 1 aromatic heterocycles. The number of hydrogen-bond donors (Lipinski definition) is 0. The molecule has 20 heavy (non-hydrogen) atoms. The van der Waals surface area contributed by atoms with Crippen LogP contribution in [0.25, 0.3) is 17.5 Å². The third kappa shape index (κ3) is 1.92. The fourth-order valence-electron chi connectivity index (χ4n) is 1.91. The van der Waals surface area contributed by atoms with E-state index in [1.165, 1.54) is 11.6 Å². The van der Waals surface area contributed by atoms with Gasteiger partial charge < -0.3 is 22.1 Å². The highest BCUT2D eigenvalue weighted by Crippen LogP contribution is 2.23. The number of rotatable bonds is 1. The molecule has 3 rings (SSSR count). The van der Waals surface area contributed by atoms with Gasteiger partial charge in [0.15, 0.2) is 0 Å².